The van der Waals surface area contributed by atoms with Crippen LogP contribution in [0.1, 0.15) is 57.8 Å². The Morgan fingerprint density at radius 3 is 2.53 bits per heavy atom. The summed E-state index contributed by atoms with van der Waals surface area (Å²) in [5, 5.41) is 3.58. The Balaban J connectivity index is 1.24. The molecule has 2 heterocycles. The van der Waals surface area contributed by atoms with E-state index in [1.807, 2.05) is 30.3 Å². The van der Waals surface area contributed by atoms with Crippen LogP contribution in [0.25, 0.3) is 0 Å². The van der Waals surface area contributed by atoms with Crippen LogP contribution in [0.15, 0.2) is 36.5 Å². The third kappa shape index (κ3) is 6.24. The van der Waals surface area contributed by atoms with Gasteiger partial charge in [-0.1, -0.05) is 32.1 Å². The van der Waals surface area contributed by atoms with Crippen molar-refractivity contribution in [3.8, 4) is 5.75 Å². The third-order valence-corrected chi connectivity index (χ3v) is 6.69. The third-order valence-electron chi connectivity index (χ3n) is 6.25. The lowest BCUT2D eigenvalue weighted by Crippen LogP contribution is -2.34. The van der Waals surface area contributed by atoms with Gasteiger partial charge in [-0.3, -0.25) is 0 Å². The van der Waals surface area contributed by atoms with Crippen LogP contribution in [-0.4, -0.2) is 35.0 Å². The van der Waals surface area contributed by atoms with Crippen LogP contribution in [0.3, 0.4) is 0 Å². The molecule has 2 fully saturated rings. The zero-order valence-electron chi connectivity index (χ0n) is 17.7. The smallest absolute Gasteiger partial charge is 0.229 e. The Hall–Kier alpha value is -2.01. The first kappa shape index (κ1) is 21.2. The van der Waals surface area contributed by atoms with Crippen LogP contribution in [0, 0.1) is 5.92 Å². The van der Waals surface area contributed by atoms with Gasteiger partial charge in [0.25, 0.3) is 0 Å². The molecule has 1 aliphatic heterocycles. The Bertz CT molecular complexity index is 771. The van der Waals surface area contributed by atoms with Crippen LogP contribution in [0.4, 0.5) is 17.5 Å². The number of nitrogens with one attached hydrogen (secondary N) is 1. The van der Waals surface area contributed by atoms with Crippen molar-refractivity contribution < 1.29 is 4.74 Å². The standard InChI is InChI=1S/C24H33ClN4O/c25-20-13-16-29(17-14-20)23-12-15-26-24(28-23)27-21-8-10-22(11-9-21)30-18-4-7-19-5-2-1-3-6-19/h8-12,15,19-20H,1-7,13-14,16-18H2,(H,26,27,28). The molecule has 0 amide bonds. The van der Waals surface area contributed by atoms with Gasteiger partial charge < -0.3 is 15.0 Å². The molecule has 1 saturated carbocycles. The molecule has 4 rings (SSSR count). The van der Waals surface area contributed by atoms with E-state index in [1.165, 1.54) is 38.5 Å². The van der Waals surface area contributed by atoms with Crippen LogP contribution in [0.2, 0.25) is 0 Å². The van der Waals surface area contributed by atoms with Crippen molar-refractivity contribution >= 4 is 29.1 Å². The van der Waals surface area contributed by atoms with Gasteiger partial charge in [0.15, 0.2) is 0 Å². The van der Waals surface area contributed by atoms with Gasteiger partial charge in [-0.05, 0) is 61.9 Å². The van der Waals surface area contributed by atoms with Gasteiger partial charge >= 0.3 is 0 Å². The molecular formula is C24H33ClN4O. The topological polar surface area (TPSA) is 50.3 Å². The molecule has 0 radical (unpaired) electrons. The Kier molecular flexibility index (Phi) is 7.68. The van der Waals surface area contributed by atoms with Crippen LogP contribution >= 0.6 is 11.6 Å². The van der Waals surface area contributed by atoms with E-state index in [0.717, 1.165) is 62.1 Å². The summed E-state index contributed by atoms with van der Waals surface area (Å²) in [4.78, 5) is 11.3. The van der Waals surface area contributed by atoms with Crippen molar-refractivity contribution in [3.05, 3.63) is 36.5 Å². The number of ether oxygens (including phenoxy) is 1. The zero-order chi connectivity index (χ0) is 20.6. The predicted molar refractivity (Wildman–Crippen MR) is 124 cm³/mol. The van der Waals surface area contributed by atoms with Crippen molar-refractivity contribution in [2.75, 3.05) is 29.9 Å². The lowest BCUT2D eigenvalue weighted by Gasteiger charge is -2.30. The van der Waals surface area contributed by atoms with E-state index in [2.05, 4.69) is 20.2 Å². The number of aromatic nitrogens is 2. The lowest BCUT2D eigenvalue weighted by molar-refractivity contribution is 0.269. The summed E-state index contributed by atoms with van der Waals surface area (Å²) in [7, 11) is 0. The van der Waals surface area contributed by atoms with Gasteiger partial charge in [0.05, 0.1) is 6.61 Å². The van der Waals surface area contributed by atoms with E-state index in [9.17, 15) is 0 Å². The molecule has 2 aliphatic rings. The first-order valence-electron chi connectivity index (χ1n) is 11.5. The molecule has 1 aromatic carbocycles. The van der Waals surface area contributed by atoms with Gasteiger partial charge in [-0.15, -0.1) is 11.6 Å². The van der Waals surface area contributed by atoms with E-state index < -0.39 is 0 Å². The molecule has 1 N–H and O–H groups in total. The van der Waals surface area contributed by atoms with Gasteiger partial charge in [0, 0.05) is 30.4 Å². The maximum atomic E-state index is 6.21. The highest BCUT2D eigenvalue weighted by Crippen LogP contribution is 2.27. The molecule has 0 spiro atoms. The molecule has 0 bridgehead atoms. The van der Waals surface area contributed by atoms with Crippen molar-refractivity contribution in [3.63, 3.8) is 0 Å². The van der Waals surface area contributed by atoms with Crippen molar-refractivity contribution in [1.82, 2.24) is 9.97 Å². The first-order chi connectivity index (χ1) is 14.8. The highest BCUT2D eigenvalue weighted by atomic mass is 35.5. The largest absolute Gasteiger partial charge is 0.494 e. The molecule has 6 heteroatoms. The summed E-state index contributed by atoms with van der Waals surface area (Å²) in [5.41, 5.74) is 0.959. The second-order valence-electron chi connectivity index (χ2n) is 8.54. The average molecular weight is 429 g/mol. The second-order valence-corrected chi connectivity index (χ2v) is 9.16. The summed E-state index contributed by atoms with van der Waals surface area (Å²) in [6.07, 6.45) is 13.3. The van der Waals surface area contributed by atoms with E-state index in [0.29, 0.717) is 5.95 Å². The number of piperidine rings is 1. The minimum absolute atomic E-state index is 0.286. The molecule has 0 unspecified atom stereocenters. The van der Waals surface area contributed by atoms with E-state index in [1.54, 1.807) is 6.20 Å². The summed E-state index contributed by atoms with van der Waals surface area (Å²) in [6.45, 7) is 2.68. The number of nitrogens with zero attached hydrogens (tertiary/aromatic N) is 3. The maximum absolute atomic E-state index is 6.21. The Morgan fingerprint density at radius 2 is 1.77 bits per heavy atom. The fourth-order valence-corrected chi connectivity index (χ4v) is 4.66. The van der Waals surface area contributed by atoms with Crippen molar-refractivity contribution in [2.45, 2.75) is 63.2 Å². The molecule has 1 aliphatic carbocycles. The maximum Gasteiger partial charge on any atom is 0.229 e. The number of alkyl halides is 1. The Morgan fingerprint density at radius 1 is 1.00 bits per heavy atom. The molecular weight excluding hydrogens is 396 g/mol. The van der Waals surface area contributed by atoms with Crippen LogP contribution in [-0.2, 0) is 0 Å². The molecule has 5 nitrogen and oxygen atoms in total. The van der Waals surface area contributed by atoms with Crippen molar-refractivity contribution in [2.24, 2.45) is 5.92 Å². The summed E-state index contributed by atoms with van der Waals surface area (Å²) < 4.78 is 5.93. The molecule has 0 atom stereocenters. The number of halogens is 1. The predicted octanol–water partition coefficient (Wildman–Crippen LogP) is 6.17. The molecule has 162 valence electrons. The summed E-state index contributed by atoms with van der Waals surface area (Å²) in [5.74, 6) is 3.41. The minimum atomic E-state index is 0.286. The molecule has 2 aromatic rings. The molecule has 1 saturated heterocycles. The van der Waals surface area contributed by atoms with Gasteiger partial charge in [-0.2, -0.15) is 4.98 Å². The summed E-state index contributed by atoms with van der Waals surface area (Å²) in [6, 6.07) is 10.0. The number of benzene rings is 1. The van der Waals surface area contributed by atoms with Crippen LogP contribution in [0.5, 0.6) is 5.75 Å². The number of hydrogen-bond donors (Lipinski definition) is 1. The van der Waals surface area contributed by atoms with Gasteiger partial charge in [0.1, 0.15) is 11.6 Å². The SMILES string of the molecule is ClC1CCN(c2ccnc(Nc3ccc(OCCCC4CCCCC4)cc3)n2)CC1. The molecule has 30 heavy (non-hydrogen) atoms. The van der Waals surface area contributed by atoms with Gasteiger partial charge in [0.2, 0.25) is 5.95 Å². The molecule has 1 aromatic heterocycles. The number of hydrogen-bond acceptors (Lipinski definition) is 5. The number of rotatable bonds is 8. The quantitative estimate of drug-likeness (QED) is 0.402. The normalized spacial score (nSPS) is 18.4. The van der Waals surface area contributed by atoms with Crippen molar-refractivity contribution in [1.29, 1.82) is 0 Å². The highest BCUT2D eigenvalue weighted by molar-refractivity contribution is 6.20. The first-order valence-corrected chi connectivity index (χ1v) is 11.9. The van der Waals surface area contributed by atoms with Gasteiger partial charge in [-0.25, -0.2) is 4.98 Å². The van der Waals surface area contributed by atoms with E-state index in [-0.39, 0.29) is 5.38 Å². The van der Waals surface area contributed by atoms with E-state index in [4.69, 9.17) is 16.3 Å². The fourth-order valence-electron chi connectivity index (χ4n) is 4.46. The average Bonchev–Trinajstić information content (AvgIpc) is 2.79. The fraction of sp³-hybridized carbons (Fsp3) is 0.583. The zero-order valence-corrected chi connectivity index (χ0v) is 18.5. The number of anilines is 3. The monoisotopic (exact) mass is 428 g/mol. The summed E-state index contributed by atoms with van der Waals surface area (Å²) >= 11 is 6.21. The van der Waals surface area contributed by atoms with E-state index >= 15 is 0 Å². The van der Waals surface area contributed by atoms with Crippen LogP contribution < -0.4 is 15.0 Å². The lowest BCUT2D eigenvalue weighted by atomic mass is 9.86. The highest BCUT2D eigenvalue weighted by Gasteiger charge is 2.18. The Labute approximate surface area is 185 Å². The minimum Gasteiger partial charge on any atom is -0.494 e. The second kappa shape index (κ2) is 10.9.